The van der Waals surface area contributed by atoms with Crippen LogP contribution in [0.4, 0.5) is 0 Å². The van der Waals surface area contributed by atoms with E-state index in [4.69, 9.17) is 4.74 Å². The molecule has 1 aliphatic heterocycles. The average molecular weight is 257 g/mol. The Labute approximate surface area is 111 Å². The van der Waals surface area contributed by atoms with Crippen LogP contribution in [0.3, 0.4) is 0 Å². The lowest BCUT2D eigenvalue weighted by atomic mass is 10.1. The van der Waals surface area contributed by atoms with Crippen LogP contribution in [-0.4, -0.2) is 35.6 Å². The second-order valence-corrected chi connectivity index (χ2v) is 4.67. The molecule has 1 N–H and O–H groups in total. The summed E-state index contributed by atoms with van der Waals surface area (Å²) < 4.78 is 5.29. The third kappa shape index (κ3) is 2.56. The number of fused-ring (bicyclic) bond motifs is 1. The molecular weight excluding hydrogens is 242 g/mol. The largest absolute Gasteiger partial charge is 0.381 e. The van der Waals surface area contributed by atoms with Gasteiger partial charge in [-0.15, -0.1) is 0 Å². The highest BCUT2D eigenvalue weighted by Crippen LogP contribution is 2.15. The van der Waals surface area contributed by atoms with Crippen LogP contribution in [0.5, 0.6) is 0 Å². The Morgan fingerprint density at radius 2 is 2.26 bits per heavy atom. The number of para-hydroxylation sites is 1. The monoisotopic (exact) mass is 257 g/mol. The van der Waals surface area contributed by atoms with E-state index < -0.39 is 0 Å². The van der Waals surface area contributed by atoms with Gasteiger partial charge in [-0.05, 0) is 18.6 Å². The Hall–Kier alpha value is -2.01. The van der Waals surface area contributed by atoms with Crippen LogP contribution in [0.25, 0.3) is 11.0 Å². The van der Waals surface area contributed by atoms with Gasteiger partial charge in [-0.25, -0.2) is 0 Å². The molecule has 0 radical (unpaired) electrons. The van der Waals surface area contributed by atoms with Gasteiger partial charge in [0.15, 0.2) is 0 Å². The number of hydrogen-bond acceptors (Lipinski definition) is 4. The number of aromatic nitrogens is 2. The minimum Gasteiger partial charge on any atom is -0.381 e. The van der Waals surface area contributed by atoms with E-state index in [1.165, 1.54) is 0 Å². The van der Waals surface area contributed by atoms with E-state index in [1.54, 1.807) is 18.5 Å². The van der Waals surface area contributed by atoms with Crippen LogP contribution >= 0.6 is 0 Å². The fourth-order valence-electron chi connectivity index (χ4n) is 2.25. The number of benzene rings is 1. The quantitative estimate of drug-likeness (QED) is 0.902. The maximum atomic E-state index is 12.2. The maximum Gasteiger partial charge on any atom is 0.253 e. The highest BCUT2D eigenvalue weighted by molar-refractivity contribution is 6.04. The smallest absolute Gasteiger partial charge is 0.253 e. The molecular formula is C14H15N3O2. The van der Waals surface area contributed by atoms with Gasteiger partial charge in [-0.1, -0.05) is 6.07 Å². The molecule has 0 bridgehead atoms. The lowest BCUT2D eigenvalue weighted by molar-refractivity contribution is 0.0946. The Morgan fingerprint density at radius 3 is 3.11 bits per heavy atom. The average Bonchev–Trinajstić information content (AvgIpc) is 2.97. The standard InChI is InChI=1S/C14H15N3O2/c18-14(17-8-10-4-7-19-9-10)11-2-1-3-12-13(11)16-6-5-15-12/h1-3,5-6,10H,4,7-9H2,(H,17,18)/t10-/m0/s1. The predicted octanol–water partition coefficient (Wildman–Crippen LogP) is 1.40. The first-order chi connectivity index (χ1) is 9.34. The minimum atomic E-state index is -0.0991. The fourth-order valence-corrected chi connectivity index (χ4v) is 2.25. The normalized spacial score (nSPS) is 18.6. The Balaban J connectivity index is 1.77. The summed E-state index contributed by atoms with van der Waals surface area (Å²) in [7, 11) is 0. The van der Waals surface area contributed by atoms with Crippen molar-refractivity contribution in [2.45, 2.75) is 6.42 Å². The van der Waals surface area contributed by atoms with Crippen molar-refractivity contribution >= 4 is 16.9 Å². The zero-order valence-electron chi connectivity index (χ0n) is 10.5. The molecule has 1 atom stereocenters. The first-order valence-corrected chi connectivity index (χ1v) is 6.40. The van der Waals surface area contributed by atoms with E-state index >= 15 is 0 Å². The SMILES string of the molecule is O=C(NC[C@@H]1CCOC1)c1cccc2nccnc12. The fraction of sp³-hybridized carbons (Fsp3) is 0.357. The summed E-state index contributed by atoms with van der Waals surface area (Å²) in [6.45, 7) is 2.17. The highest BCUT2D eigenvalue weighted by Gasteiger charge is 2.17. The van der Waals surface area contributed by atoms with Crippen molar-refractivity contribution in [3.63, 3.8) is 0 Å². The zero-order chi connectivity index (χ0) is 13.1. The van der Waals surface area contributed by atoms with Gasteiger partial charge in [0.25, 0.3) is 5.91 Å². The van der Waals surface area contributed by atoms with Gasteiger partial charge < -0.3 is 10.1 Å². The summed E-state index contributed by atoms with van der Waals surface area (Å²) in [4.78, 5) is 20.6. The molecule has 5 nitrogen and oxygen atoms in total. The van der Waals surface area contributed by atoms with Gasteiger partial charge in [0, 0.05) is 31.5 Å². The summed E-state index contributed by atoms with van der Waals surface area (Å²) in [6, 6.07) is 5.45. The number of nitrogens with zero attached hydrogens (tertiary/aromatic N) is 2. The predicted molar refractivity (Wildman–Crippen MR) is 70.8 cm³/mol. The van der Waals surface area contributed by atoms with Crippen molar-refractivity contribution in [1.82, 2.24) is 15.3 Å². The molecule has 1 amide bonds. The van der Waals surface area contributed by atoms with Crippen LogP contribution in [-0.2, 0) is 4.74 Å². The van der Waals surface area contributed by atoms with Gasteiger partial charge in [0.05, 0.1) is 17.7 Å². The summed E-state index contributed by atoms with van der Waals surface area (Å²) in [5, 5.41) is 2.95. The van der Waals surface area contributed by atoms with Crippen LogP contribution in [0, 0.1) is 5.92 Å². The molecule has 0 unspecified atom stereocenters. The van der Waals surface area contributed by atoms with Crippen molar-refractivity contribution in [1.29, 1.82) is 0 Å². The molecule has 1 aromatic carbocycles. The second-order valence-electron chi connectivity index (χ2n) is 4.67. The van der Waals surface area contributed by atoms with Crippen LogP contribution < -0.4 is 5.32 Å². The summed E-state index contributed by atoms with van der Waals surface area (Å²) >= 11 is 0. The van der Waals surface area contributed by atoms with Gasteiger partial charge in [-0.3, -0.25) is 14.8 Å². The number of hydrogen-bond donors (Lipinski definition) is 1. The highest BCUT2D eigenvalue weighted by atomic mass is 16.5. The third-order valence-corrected chi connectivity index (χ3v) is 3.32. The lowest BCUT2D eigenvalue weighted by Gasteiger charge is -2.10. The molecule has 1 fully saturated rings. The summed E-state index contributed by atoms with van der Waals surface area (Å²) in [5.41, 5.74) is 1.95. The van der Waals surface area contributed by atoms with E-state index in [0.29, 0.717) is 23.5 Å². The van der Waals surface area contributed by atoms with Gasteiger partial charge >= 0.3 is 0 Å². The Morgan fingerprint density at radius 1 is 1.37 bits per heavy atom. The van der Waals surface area contributed by atoms with Crippen LogP contribution in [0.2, 0.25) is 0 Å². The van der Waals surface area contributed by atoms with Gasteiger partial charge in [0.2, 0.25) is 0 Å². The molecule has 0 saturated carbocycles. The maximum absolute atomic E-state index is 12.2. The number of ether oxygens (including phenoxy) is 1. The number of carbonyl (C=O) groups excluding carboxylic acids is 1. The van der Waals surface area contributed by atoms with Crippen molar-refractivity contribution in [3.8, 4) is 0 Å². The number of rotatable bonds is 3. The molecule has 0 aliphatic carbocycles. The first kappa shape index (κ1) is 12.0. The van der Waals surface area contributed by atoms with E-state index in [-0.39, 0.29) is 5.91 Å². The topological polar surface area (TPSA) is 64.1 Å². The van der Waals surface area contributed by atoms with E-state index in [1.807, 2.05) is 12.1 Å². The van der Waals surface area contributed by atoms with Crippen LogP contribution in [0.1, 0.15) is 16.8 Å². The first-order valence-electron chi connectivity index (χ1n) is 6.40. The Kier molecular flexibility index (Phi) is 3.37. The third-order valence-electron chi connectivity index (χ3n) is 3.32. The molecule has 0 spiro atoms. The van der Waals surface area contributed by atoms with Crippen molar-refractivity contribution < 1.29 is 9.53 Å². The molecule has 19 heavy (non-hydrogen) atoms. The molecule has 1 aromatic heterocycles. The number of nitrogens with one attached hydrogen (secondary N) is 1. The Bertz CT molecular complexity index is 589. The van der Waals surface area contributed by atoms with Gasteiger partial charge in [0.1, 0.15) is 5.52 Å². The van der Waals surface area contributed by atoms with Crippen LogP contribution in [0.15, 0.2) is 30.6 Å². The zero-order valence-corrected chi connectivity index (χ0v) is 10.5. The summed E-state index contributed by atoms with van der Waals surface area (Å²) in [6.07, 6.45) is 4.24. The van der Waals surface area contributed by atoms with Crippen molar-refractivity contribution in [2.75, 3.05) is 19.8 Å². The molecule has 2 aromatic rings. The van der Waals surface area contributed by atoms with Crippen molar-refractivity contribution in [3.05, 3.63) is 36.2 Å². The molecule has 1 saturated heterocycles. The molecule has 98 valence electrons. The molecule has 5 heteroatoms. The van der Waals surface area contributed by atoms with Gasteiger partial charge in [-0.2, -0.15) is 0 Å². The molecule has 2 heterocycles. The minimum absolute atomic E-state index is 0.0991. The van der Waals surface area contributed by atoms with Crippen molar-refractivity contribution in [2.24, 2.45) is 5.92 Å². The lowest BCUT2D eigenvalue weighted by Crippen LogP contribution is -2.29. The number of carbonyl (C=O) groups is 1. The summed E-state index contributed by atoms with van der Waals surface area (Å²) in [5.74, 6) is 0.322. The molecule has 3 rings (SSSR count). The van der Waals surface area contributed by atoms with E-state index in [2.05, 4.69) is 15.3 Å². The van der Waals surface area contributed by atoms with E-state index in [9.17, 15) is 4.79 Å². The van der Waals surface area contributed by atoms with E-state index in [0.717, 1.165) is 25.2 Å². The number of amides is 1. The second kappa shape index (κ2) is 5.32. The molecule has 1 aliphatic rings.